The lowest BCUT2D eigenvalue weighted by molar-refractivity contribution is -0.129. The number of benzene rings is 1. The van der Waals surface area contributed by atoms with Crippen LogP contribution < -0.4 is 0 Å². The van der Waals surface area contributed by atoms with E-state index >= 15 is 0 Å². The number of para-hydroxylation sites is 1. The van der Waals surface area contributed by atoms with Gasteiger partial charge in [0, 0.05) is 25.5 Å². The molecule has 6 nitrogen and oxygen atoms in total. The van der Waals surface area contributed by atoms with Crippen molar-refractivity contribution in [2.45, 2.75) is 43.3 Å². The van der Waals surface area contributed by atoms with E-state index in [9.17, 15) is 4.79 Å². The number of rotatable bonds is 5. The van der Waals surface area contributed by atoms with Crippen molar-refractivity contribution in [2.75, 3.05) is 12.8 Å². The highest BCUT2D eigenvalue weighted by Crippen LogP contribution is 2.29. The van der Waals surface area contributed by atoms with Gasteiger partial charge in [-0.05, 0) is 25.0 Å². The molecule has 4 rings (SSSR count). The molecule has 0 unspecified atom stereocenters. The third kappa shape index (κ3) is 3.74. The number of carbonyl (C=O) groups is 1. The Balaban J connectivity index is 1.43. The molecule has 142 valence electrons. The Morgan fingerprint density at radius 3 is 2.81 bits per heavy atom. The van der Waals surface area contributed by atoms with Crippen LogP contribution in [-0.4, -0.2) is 44.4 Å². The molecule has 2 aromatic heterocycles. The molecule has 1 saturated carbocycles. The van der Waals surface area contributed by atoms with Crippen LogP contribution in [0.15, 0.2) is 39.9 Å². The van der Waals surface area contributed by atoms with E-state index in [2.05, 4.69) is 10.2 Å². The summed E-state index contributed by atoms with van der Waals surface area (Å²) < 4.78 is 7.77. The van der Waals surface area contributed by atoms with E-state index in [1.165, 1.54) is 31.0 Å². The molecule has 0 spiro atoms. The molecule has 0 radical (unpaired) electrons. The highest BCUT2D eigenvalue weighted by Gasteiger charge is 2.23. The lowest BCUT2D eigenvalue weighted by atomic mass is 9.94. The van der Waals surface area contributed by atoms with Crippen LogP contribution in [0.25, 0.3) is 22.6 Å². The predicted molar refractivity (Wildman–Crippen MR) is 107 cm³/mol. The van der Waals surface area contributed by atoms with Crippen molar-refractivity contribution >= 4 is 28.6 Å². The molecular formula is C20H24N4O2S. The number of amides is 1. The van der Waals surface area contributed by atoms with Gasteiger partial charge in [-0.2, -0.15) is 0 Å². The smallest absolute Gasteiger partial charge is 0.233 e. The van der Waals surface area contributed by atoms with Gasteiger partial charge < -0.3 is 13.9 Å². The Labute approximate surface area is 162 Å². The zero-order chi connectivity index (χ0) is 18.8. The van der Waals surface area contributed by atoms with Crippen LogP contribution in [0, 0.1) is 0 Å². The minimum Gasteiger partial charge on any atom is -0.453 e. The minimum absolute atomic E-state index is 0.153. The molecule has 1 aliphatic carbocycles. The maximum atomic E-state index is 12.6. The standard InChI is InChI=1S/C20H24N4O2S/c1-23(15-9-4-3-5-10-15)18(25)13-27-20-22-21-19(24(20)2)17-12-14-8-6-7-11-16(14)26-17/h6-8,11-12,15H,3-5,9-10,13H2,1-2H3. The van der Waals surface area contributed by atoms with Crippen molar-refractivity contribution in [3.8, 4) is 11.6 Å². The first-order chi connectivity index (χ1) is 13.1. The number of nitrogens with zero attached hydrogens (tertiary/aromatic N) is 4. The summed E-state index contributed by atoms with van der Waals surface area (Å²) in [6.45, 7) is 0. The summed E-state index contributed by atoms with van der Waals surface area (Å²) >= 11 is 1.43. The fourth-order valence-electron chi connectivity index (χ4n) is 3.65. The van der Waals surface area contributed by atoms with Gasteiger partial charge >= 0.3 is 0 Å². The van der Waals surface area contributed by atoms with E-state index in [0.29, 0.717) is 23.4 Å². The zero-order valence-corrected chi connectivity index (χ0v) is 16.5. The first-order valence-corrected chi connectivity index (χ1v) is 10.4. The van der Waals surface area contributed by atoms with Crippen LogP contribution in [0.2, 0.25) is 0 Å². The number of hydrogen-bond donors (Lipinski definition) is 0. The van der Waals surface area contributed by atoms with E-state index in [1.807, 2.05) is 53.9 Å². The molecule has 0 bridgehead atoms. The van der Waals surface area contributed by atoms with Crippen molar-refractivity contribution in [3.05, 3.63) is 30.3 Å². The van der Waals surface area contributed by atoms with E-state index in [4.69, 9.17) is 4.42 Å². The van der Waals surface area contributed by atoms with Crippen LogP contribution in [-0.2, 0) is 11.8 Å². The fourth-order valence-corrected chi connectivity index (χ4v) is 4.48. The van der Waals surface area contributed by atoms with Gasteiger partial charge in [-0.3, -0.25) is 4.79 Å². The summed E-state index contributed by atoms with van der Waals surface area (Å²) in [4.78, 5) is 14.5. The number of carbonyl (C=O) groups excluding carboxylic acids is 1. The summed E-state index contributed by atoms with van der Waals surface area (Å²) in [5.41, 5.74) is 0.828. The molecule has 2 heterocycles. The number of thioether (sulfide) groups is 1. The Morgan fingerprint density at radius 2 is 2.04 bits per heavy atom. The Hall–Kier alpha value is -2.28. The van der Waals surface area contributed by atoms with E-state index in [-0.39, 0.29) is 5.91 Å². The van der Waals surface area contributed by atoms with Crippen molar-refractivity contribution in [3.63, 3.8) is 0 Å². The summed E-state index contributed by atoms with van der Waals surface area (Å²) in [7, 11) is 3.83. The third-order valence-corrected chi connectivity index (χ3v) is 6.33. The molecule has 1 aromatic carbocycles. The normalized spacial score (nSPS) is 15.3. The second-order valence-electron chi connectivity index (χ2n) is 7.10. The lowest BCUT2D eigenvalue weighted by Crippen LogP contribution is -2.39. The third-order valence-electron chi connectivity index (χ3n) is 5.32. The van der Waals surface area contributed by atoms with Gasteiger partial charge in [0.1, 0.15) is 5.58 Å². The predicted octanol–water partition coefficient (Wildman–Crippen LogP) is 4.11. The van der Waals surface area contributed by atoms with Gasteiger partial charge in [-0.1, -0.05) is 49.2 Å². The molecule has 1 fully saturated rings. The van der Waals surface area contributed by atoms with Crippen LogP contribution in [0.1, 0.15) is 32.1 Å². The molecule has 7 heteroatoms. The van der Waals surface area contributed by atoms with Crippen molar-refractivity contribution < 1.29 is 9.21 Å². The van der Waals surface area contributed by atoms with Crippen molar-refractivity contribution in [2.24, 2.45) is 7.05 Å². The second-order valence-corrected chi connectivity index (χ2v) is 8.04. The van der Waals surface area contributed by atoms with Gasteiger partial charge in [0.25, 0.3) is 0 Å². The first kappa shape index (κ1) is 18.1. The topological polar surface area (TPSA) is 64.2 Å². The maximum Gasteiger partial charge on any atom is 0.233 e. The summed E-state index contributed by atoms with van der Waals surface area (Å²) in [6.07, 6.45) is 5.97. The van der Waals surface area contributed by atoms with E-state index < -0.39 is 0 Å². The number of hydrogen-bond acceptors (Lipinski definition) is 5. The lowest BCUT2D eigenvalue weighted by Gasteiger charge is -2.31. The van der Waals surface area contributed by atoms with E-state index in [1.54, 1.807) is 0 Å². The minimum atomic E-state index is 0.153. The quantitative estimate of drug-likeness (QED) is 0.620. The van der Waals surface area contributed by atoms with Gasteiger partial charge in [0.15, 0.2) is 16.7 Å². The Bertz CT molecular complexity index is 910. The molecule has 1 aliphatic rings. The zero-order valence-electron chi connectivity index (χ0n) is 15.7. The van der Waals surface area contributed by atoms with Gasteiger partial charge in [-0.25, -0.2) is 0 Å². The maximum absolute atomic E-state index is 12.6. The van der Waals surface area contributed by atoms with Gasteiger partial charge in [0.05, 0.1) is 5.75 Å². The van der Waals surface area contributed by atoms with Crippen LogP contribution in [0.3, 0.4) is 0 Å². The average molecular weight is 385 g/mol. The monoisotopic (exact) mass is 384 g/mol. The molecule has 0 N–H and O–H groups in total. The second kappa shape index (κ2) is 7.76. The van der Waals surface area contributed by atoms with Gasteiger partial charge in [-0.15, -0.1) is 10.2 Å². The fraction of sp³-hybridized carbons (Fsp3) is 0.450. The number of fused-ring (bicyclic) bond motifs is 1. The van der Waals surface area contributed by atoms with E-state index in [0.717, 1.165) is 29.0 Å². The summed E-state index contributed by atoms with van der Waals surface area (Å²) in [6, 6.07) is 10.2. The summed E-state index contributed by atoms with van der Waals surface area (Å²) in [5.74, 6) is 1.88. The van der Waals surface area contributed by atoms with Gasteiger partial charge in [0.2, 0.25) is 5.91 Å². The largest absolute Gasteiger partial charge is 0.453 e. The summed E-state index contributed by atoms with van der Waals surface area (Å²) in [5, 5.41) is 10.3. The van der Waals surface area contributed by atoms with Crippen molar-refractivity contribution in [1.29, 1.82) is 0 Å². The molecule has 0 aliphatic heterocycles. The average Bonchev–Trinajstić information content (AvgIpc) is 3.29. The Morgan fingerprint density at radius 1 is 1.26 bits per heavy atom. The Kier molecular flexibility index (Phi) is 5.20. The van der Waals surface area contributed by atoms with Crippen LogP contribution in [0.4, 0.5) is 0 Å². The molecular weight excluding hydrogens is 360 g/mol. The highest BCUT2D eigenvalue weighted by molar-refractivity contribution is 7.99. The number of furan rings is 1. The first-order valence-electron chi connectivity index (χ1n) is 9.40. The molecule has 3 aromatic rings. The van der Waals surface area contributed by atoms with Crippen LogP contribution in [0.5, 0.6) is 0 Å². The van der Waals surface area contributed by atoms with Crippen molar-refractivity contribution in [1.82, 2.24) is 19.7 Å². The SMILES string of the molecule is CN(C(=O)CSc1nnc(-c2cc3ccccc3o2)n1C)C1CCCCC1. The molecule has 27 heavy (non-hydrogen) atoms. The van der Waals surface area contributed by atoms with Crippen LogP contribution >= 0.6 is 11.8 Å². The molecule has 1 amide bonds. The number of aromatic nitrogens is 3. The molecule has 0 saturated heterocycles. The highest BCUT2D eigenvalue weighted by atomic mass is 32.2. The molecule has 0 atom stereocenters.